The van der Waals surface area contributed by atoms with Crippen molar-refractivity contribution in [2.45, 2.75) is 13.8 Å². The molecular weight excluding hydrogens is 344 g/mol. The molecule has 0 spiro atoms. The molecule has 1 saturated heterocycles. The summed E-state index contributed by atoms with van der Waals surface area (Å²) in [4.78, 5) is 30.7. The third kappa shape index (κ3) is 5.69. The third-order valence-corrected chi connectivity index (χ3v) is 4.78. The van der Waals surface area contributed by atoms with Gasteiger partial charge in [-0.2, -0.15) is 5.26 Å². The number of nitrogens with zero attached hydrogens (tertiary/aromatic N) is 4. The number of hydrogen-bond acceptors (Lipinski definition) is 5. The van der Waals surface area contributed by atoms with Crippen LogP contribution in [0.2, 0.25) is 0 Å². The molecule has 0 bridgehead atoms. The van der Waals surface area contributed by atoms with Crippen molar-refractivity contribution in [3.05, 3.63) is 29.8 Å². The lowest BCUT2D eigenvalue weighted by Crippen LogP contribution is -2.51. The van der Waals surface area contributed by atoms with Gasteiger partial charge < -0.3 is 14.5 Å². The molecule has 1 heterocycles. The number of benzene rings is 1. The summed E-state index contributed by atoms with van der Waals surface area (Å²) >= 11 is 0. The largest absolute Gasteiger partial charge is 0.497 e. The van der Waals surface area contributed by atoms with Crippen molar-refractivity contribution in [3.8, 4) is 11.8 Å². The number of likely N-dealkylation sites (N-methyl/N-ethyl adjacent to an activating group) is 1. The number of amides is 2. The van der Waals surface area contributed by atoms with Gasteiger partial charge >= 0.3 is 0 Å². The fourth-order valence-electron chi connectivity index (χ4n) is 3.12. The van der Waals surface area contributed by atoms with Gasteiger partial charge in [-0.05, 0) is 32.0 Å². The van der Waals surface area contributed by atoms with E-state index in [4.69, 9.17) is 10.00 Å². The van der Waals surface area contributed by atoms with Crippen LogP contribution in [0.25, 0.3) is 0 Å². The van der Waals surface area contributed by atoms with Crippen LogP contribution in [-0.2, 0) is 4.79 Å². The highest BCUT2D eigenvalue weighted by atomic mass is 16.5. The first-order valence-corrected chi connectivity index (χ1v) is 9.31. The zero-order chi connectivity index (χ0) is 19.8. The van der Waals surface area contributed by atoms with Gasteiger partial charge in [0.25, 0.3) is 5.91 Å². The summed E-state index contributed by atoms with van der Waals surface area (Å²) in [5, 5.41) is 8.95. The maximum atomic E-state index is 12.7. The molecule has 0 N–H and O–H groups in total. The Hall–Kier alpha value is -2.59. The Morgan fingerprint density at radius 2 is 2.00 bits per heavy atom. The minimum absolute atomic E-state index is 0.0158. The SMILES string of the molecule is CCN(CC(C)C#N)C(=O)CN1CCN(C(=O)c2cccc(OC)c2)CC1. The van der Waals surface area contributed by atoms with Crippen molar-refractivity contribution < 1.29 is 14.3 Å². The summed E-state index contributed by atoms with van der Waals surface area (Å²) in [7, 11) is 1.58. The summed E-state index contributed by atoms with van der Waals surface area (Å²) in [5.41, 5.74) is 0.613. The van der Waals surface area contributed by atoms with Gasteiger partial charge in [-0.25, -0.2) is 0 Å². The average molecular weight is 372 g/mol. The molecule has 2 amide bonds. The maximum Gasteiger partial charge on any atom is 0.254 e. The fraction of sp³-hybridized carbons (Fsp3) is 0.550. The van der Waals surface area contributed by atoms with E-state index in [1.54, 1.807) is 24.1 Å². The number of methoxy groups -OCH3 is 1. The van der Waals surface area contributed by atoms with Crippen LogP contribution in [0.4, 0.5) is 0 Å². The van der Waals surface area contributed by atoms with Gasteiger partial charge in [-0.3, -0.25) is 14.5 Å². The molecule has 1 aromatic rings. The molecule has 7 nitrogen and oxygen atoms in total. The Labute approximate surface area is 161 Å². The van der Waals surface area contributed by atoms with Gasteiger partial charge in [0.05, 0.1) is 25.6 Å². The van der Waals surface area contributed by atoms with Crippen molar-refractivity contribution in [2.75, 3.05) is 52.9 Å². The first-order chi connectivity index (χ1) is 13.0. The van der Waals surface area contributed by atoms with Crippen molar-refractivity contribution in [1.82, 2.24) is 14.7 Å². The van der Waals surface area contributed by atoms with E-state index in [2.05, 4.69) is 11.0 Å². The predicted octanol–water partition coefficient (Wildman–Crippen LogP) is 1.46. The molecule has 146 valence electrons. The van der Waals surface area contributed by atoms with Gasteiger partial charge in [0.2, 0.25) is 5.91 Å². The number of ether oxygens (including phenoxy) is 1. The number of nitriles is 1. The van der Waals surface area contributed by atoms with E-state index in [0.29, 0.717) is 57.1 Å². The topological polar surface area (TPSA) is 76.9 Å². The van der Waals surface area contributed by atoms with Crippen molar-refractivity contribution in [1.29, 1.82) is 5.26 Å². The number of carbonyl (C=O) groups is 2. The van der Waals surface area contributed by atoms with E-state index in [-0.39, 0.29) is 17.7 Å². The van der Waals surface area contributed by atoms with E-state index in [1.807, 2.05) is 30.9 Å². The second kappa shape index (κ2) is 9.93. The molecule has 2 rings (SSSR count). The Kier molecular flexibility index (Phi) is 7.62. The first kappa shape index (κ1) is 20.7. The minimum Gasteiger partial charge on any atom is -0.497 e. The second-order valence-corrected chi connectivity index (χ2v) is 6.76. The van der Waals surface area contributed by atoms with Crippen molar-refractivity contribution in [2.24, 2.45) is 5.92 Å². The molecule has 0 saturated carbocycles. The summed E-state index contributed by atoms with van der Waals surface area (Å²) in [5.74, 6) is 0.507. The van der Waals surface area contributed by atoms with Gasteiger partial charge in [0.15, 0.2) is 0 Å². The van der Waals surface area contributed by atoms with Gasteiger partial charge in [0.1, 0.15) is 5.75 Å². The molecule has 1 aliphatic rings. The van der Waals surface area contributed by atoms with Crippen LogP contribution in [0.15, 0.2) is 24.3 Å². The quantitative estimate of drug-likeness (QED) is 0.724. The molecule has 1 aliphatic heterocycles. The standard InChI is InChI=1S/C20H28N4O3/c1-4-23(14-16(2)13-21)19(25)15-22-8-10-24(11-9-22)20(26)17-6-5-7-18(12-17)27-3/h5-7,12,16H,4,8-11,14-15H2,1-3H3. The Bertz CT molecular complexity index is 693. The Balaban J connectivity index is 1.86. The molecule has 1 atom stereocenters. The van der Waals surface area contributed by atoms with Gasteiger partial charge in [0, 0.05) is 44.8 Å². The lowest BCUT2D eigenvalue weighted by Gasteiger charge is -2.35. The molecule has 1 aromatic carbocycles. The third-order valence-electron chi connectivity index (χ3n) is 4.78. The molecule has 0 aliphatic carbocycles. The lowest BCUT2D eigenvalue weighted by atomic mass is 10.1. The first-order valence-electron chi connectivity index (χ1n) is 9.31. The van der Waals surface area contributed by atoms with E-state index in [0.717, 1.165) is 0 Å². The highest BCUT2D eigenvalue weighted by Crippen LogP contribution is 2.15. The highest BCUT2D eigenvalue weighted by Gasteiger charge is 2.25. The van der Waals surface area contributed by atoms with Crippen LogP contribution in [-0.4, -0.2) is 79.4 Å². The molecule has 0 aromatic heterocycles. The van der Waals surface area contributed by atoms with E-state index in [9.17, 15) is 9.59 Å². The average Bonchev–Trinajstić information content (AvgIpc) is 2.71. The number of carbonyl (C=O) groups excluding carboxylic acids is 2. The van der Waals surface area contributed by atoms with Gasteiger partial charge in [-0.1, -0.05) is 6.07 Å². The van der Waals surface area contributed by atoms with Crippen LogP contribution in [0.1, 0.15) is 24.2 Å². The smallest absolute Gasteiger partial charge is 0.254 e. The van der Waals surface area contributed by atoms with E-state index < -0.39 is 0 Å². The summed E-state index contributed by atoms with van der Waals surface area (Å²) in [6.07, 6.45) is 0. The predicted molar refractivity (Wildman–Crippen MR) is 102 cm³/mol. The summed E-state index contributed by atoms with van der Waals surface area (Å²) < 4.78 is 5.18. The van der Waals surface area contributed by atoms with Crippen LogP contribution in [0.3, 0.4) is 0 Å². The van der Waals surface area contributed by atoms with Crippen LogP contribution in [0.5, 0.6) is 5.75 Å². The molecule has 1 unspecified atom stereocenters. The van der Waals surface area contributed by atoms with Crippen LogP contribution >= 0.6 is 0 Å². The zero-order valence-electron chi connectivity index (χ0n) is 16.4. The normalized spacial score (nSPS) is 15.7. The molecule has 1 fully saturated rings. The highest BCUT2D eigenvalue weighted by molar-refractivity contribution is 5.94. The van der Waals surface area contributed by atoms with E-state index in [1.165, 1.54) is 0 Å². The molecule has 27 heavy (non-hydrogen) atoms. The number of piperazine rings is 1. The van der Waals surface area contributed by atoms with Gasteiger partial charge in [-0.15, -0.1) is 0 Å². The Morgan fingerprint density at radius 1 is 1.30 bits per heavy atom. The van der Waals surface area contributed by atoms with Crippen LogP contribution in [0, 0.1) is 17.2 Å². The molecule has 0 radical (unpaired) electrons. The zero-order valence-corrected chi connectivity index (χ0v) is 16.4. The summed E-state index contributed by atoms with van der Waals surface area (Å²) in [6, 6.07) is 9.32. The van der Waals surface area contributed by atoms with Crippen molar-refractivity contribution in [3.63, 3.8) is 0 Å². The summed E-state index contributed by atoms with van der Waals surface area (Å²) in [6.45, 7) is 7.62. The monoisotopic (exact) mass is 372 g/mol. The van der Waals surface area contributed by atoms with Crippen molar-refractivity contribution >= 4 is 11.8 Å². The molecular formula is C20H28N4O3. The lowest BCUT2D eigenvalue weighted by molar-refractivity contribution is -0.132. The second-order valence-electron chi connectivity index (χ2n) is 6.76. The van der Waals surface area contributed by atoms with Crippen LogP contribution < -0.4 is 4.74 Å². The number of hydrogen-bond donors (Lipinski definition) is 0. The maximum absolute atomic E-state index is 12.7. The molecule has 7 heteroatoms. The number of rotatable bonds is 7. The minimum atomic E-state index is -0.175. The van der Waals surface area contributed by atoms with E-state index >= 15 is 0 Å². The Morgan fingerprint density at radius 3 is 2.59 bits per heavy atom. The fourth-order valence-corrected chi connectivity index (χ4v) is 3.12.